The molecule has 0 saturated heterocycles. The Balaban J connectivity index is 2.16. The summed E-state index contributed by atoms with van der Waals surface area (Å²) in [7, 11) is 0. The molecule has 0 aromatic heterocycles. The average molecular weight is 378 g/mol. The molecule has 0 aliphatic carbocycles. The van der Waals surface area contributed by atoms with Crippen molar-refractivity contribution in [3.05, 3.63) is 57.6 Å². The highest BCUT2D eigenvalue weighted by Gasteiger charge is 2.12. The molecule has 23 heavy (non-hydrogen) atoms. The minimum absolute atomic E-state index is 0.324. The van der Waals surface area contributed by atoms with E-state index in [1.54, 1.807) is 6.92 Å². The Kier molecular flexibility index (Phi) is 6.04. The summed E-state index contributed by atoms with van der Waals surface area (Å²) in [6.45, 7) is 6.51. The molecule has 5 heteroatoms. The van der Waals surface area contributed by atoms with Gasteiger partial charge in [0.15, 0.2) is 0 Å². The van der Waals surface area contributed by atoms with E-state index in [4.69, 9.17) is 9.47 Å². The molecule has 0 spiro atoms. The monoisotopic (exact) mass is 377 g/mol. The summed E-state index contributed by atoms with van der Waals surface area (Å²) in [5.41, 5.74) is 3.81. The highest BCUT2D eigenvalue weighted by molar-refractivity contribution is 9.10. The number of benzene rings is 2. The van der Waals surface area contributed by atoms with Crippen LogP contribution >= 0.6 is 15.9 Å². The van der Waals surface area contributed by atoms with Crippen molar-refractivity contribution in [1.29, 1.82) is 0 Å². The van der Waals surface area contributed by atoms with Crippen LogP contribution in [0.4, 0.5) is 10.5 Å². The minimum Gasteiger partial charge on any atom is -0.489 e. The van der Waals surface area contributed by atoms with Crippen LogP contribution in [0.5, 0.6) is 5.75 Å². The predicted molar refractivity (Wildman–Crippen MR) is 95.0 cm³/mol. The molecule has 2 aromatic rings. The Labute approximate surface area is 144 Å². The number of amides is 1. The molecule has 0 atom stereocenters. The number of carbonyl (C=O) groups excluding carboxylic acids is 1. The summed E-state index contributed by atoms with van der Waals surface area (Å²) in [5, 5.41) is 2.75. The fourth-order valence-electron chi connectivity index (χ4n) is 2.22. The normalized spacial score (nSPS) is 10.3. The van der Waals surface area contributed by atoms with E-state index >= 15 is 0 Å². The van der Waals surface area contributed by atoms with Gasteiger partial charge in [0.1, 0.15) is 12.4 Å². The molecule has 2 rings (SSSR count). The molecule has 0 aliphatic rings. The Morgan fingerprint density at radius 3 is 2.70 bits per heavy atom. The first-order valence-electron chi connectivity index (χ1n) is 7.42. The maximum absolute atomic E-state index is 11.7. The molecule has 4 nitrogen and oxygen atoms in total. The van der Waals surface area contributed by atoms with Gasteiger partial charge in [-0.3, -0.25) is 5.32 Å². The van der Waals surface area contributed by atoms with Gasteiger partial charge in [-0.05, 0) is 54.4 Å². The van der Waals surface area contributed by atoms with E-state index in [-0.39, 0.29) is 0 Å². The highest BCUT2D eigenvalue weighted by Crippen LogP contribution is 2.28. The summed E-state index contributed by atoms with van der Waals surface area (Å²) in [4.78, 5) is 11.7. The number of para-hydroxylation sites is 1. The lowest BCUT2D eigenvalue weighted by Crippen LogP contribution is -2.15. The molecule has 0 unspecified atom stereocenters. The predicted octanol–water partition coefficient (Wildman–Crippen LogP) is 5.21. The highest BCUT2D eigenvalue weighted by atomic mass is 79.9. The van der Waals surface area contributed by atoms with Crippen molar-refractivity contribution in [2.75, 3.05) is 11.9 Å². The molecular weight excluding hydrogens is 358 g/mol. The smallest absolute Gasteiger partial charge is 0.411 e. The second-order valence-corrected chi connectivity index (χ2v) is 6.03. The van der Waals surface area contributed by atoms with Gasteiger partial charge in [-0.15, -0.1) is 0 Å². The lowest BCUT2D eigenvalue weighted by molar-refractivity contribution is 0.168. The Hall–Kier alpha value is -2.01. The van der Waals surface area contributed by atoms with E-state index in [9.17, 15) is 4.79 Å². The topological polar surface area (TPSA) is 47.6 Å². The Bertz CT molecular complexity index is 701. The third kappa shape index (κ3) is 4.73. The van der Waals surface area contributed by atoms with Crippen molar-refractivity contribution < 1.29 is 14.3 Å². The largest absolute Gasteiger partial charge is 0.489 e. The van der Waals surface area contributed by atoms with Crippen molar-refractivity contribution in [1.82, 2.24) is 0 Å². The standard InChI is InChI=1S/C18H20BrNO3/c1-4-22-18(21)20-17-14(6-5-7-15(17)19)11-23-16-9-8-12(2)10-13(16)3/h5-10H,4,11H2,1-3H3,(H,20,21). The number of anilines is 1. The first-order chi connectivity index (χ1) is 11.0. The van der Waals surface area contributed by atoms with Crippen LogP contribution in [0, 0.1) is 13.8 Å². The summed E-state index contributed by atoms with van der Waals surface area (Å²) in [5.74, 6) is 0.831. The number of aryl methyl sites for hydroxylation is 2. The molecule has 0 saturated carbocycles. The molecule has 122 valence electrons. The van der Waals surface area contributed by atoms with E-state index in [1.165, 1.54) is 5.56 Å². The van der Waals surface area contributed by atoms with Crippen molar-refractivity contribution in [2.45, 2.75) is 27.4 Å². The second kappa shape index (κ2) is 8.02. The zero-order valence-electron chi connectivity index (χ0n) is 13.5. The van der Waals surface area contributed by atoms with Crippen LogP contribution < -0.4 is 10.1 Å². The minimum atomic E-state index is -0.479. The van der Waals surface area contributed by atoms with Crippen molar-refractivity contribution >= 4 is 27.7 Å². The van der Waals surface area contributed by atoms with Gasteiger partial charge in [-0.25, -0.2) is 4.79 Å². The van der Waals surface area contributed by atoms with Crippen LogP contribution in [0.2, 0.25) is 0 Å². The third-order valence-corrected chi connectivity index (χ3v) is 3.98. The molecule has 1 N–H and O–H groups in total. The number of ether oxygens (including phenoxy) is 2. The van der Waals surface area contributed by atoms with Gasteiger partial charge in [0.2, 0.25) is 0 Å². The fourth-order valence-corrected chi connectivity index (χ4v) is 2.72. The van der Waals surface area contributed by atoms with E-state index in [1.807, 2.05) is 44.2 Å². The lowest BCUT2D eigenvalue weighted by atomic mass is 10.1. The van der Waals surface area contributed by atoms with Gasteiger partial charge in [-0.2, -0.15) is 0 Å². The maximum atomic E-state index is 11.7. The number of hydrogen-bond donors (Lipinski definition) is 1. The van der Waals surface area contributed by atoms with Crippen LogP contribution in [0.15, 0.2) is 40.9 Å². The molecule has 0 bridgehead atoms. The summed E-state index contributed by atoms with van der Waals surface area (Å²) >= 11 is 3.45. The van der Waals surface area contributed by atoms with Crippen molar-refractivity contribution in [2.24, 2.45) is 0 Å². The zero-order valence-corrected chi connectivity index (χ0v) is 15.1. The number of halogens is 1. The van der Waals surface area contributed by atoms with E-state index < -0.39 is 6.09 Å². The molecule has 0 radical (unpaired) electrons. The molecule has 0 fully saturated rings. The summed E-state index contributed by atoms with van der Waals surface area (Å²) in [6.07, 6.45) is -0.479. The SMILES string of the molecule is CCOC(=O)Nc1c(Br)cccc1COc1ccc(C)cc1C. The quantitative estimate of drug-likeness (QED) is 0.777. The number of nitrogens with one attached hydrogen (secondary N) is 1. The second-order valence-electron chi connectivity index (χ2n) is 5.18. The van der Waals surface area contributed by atoms with E-state index in [0.29, 0.717) is 18.9 Å². The maximum Gasteiger partial charge on any atom is 0.411 e. The van der Waals surface area contributed by atoms with Gasteiger partial charge in [-0.1, -0.05) is 29.8 Å². The van der Waals surface area contributed by atoms with Crippen LogP contribution in [-0.4, -0.2) is 12.7 Å². The molecular formula is C18H20BrNO3. The zero-order chi connectivity index (χ0) is 16.8. The molecule has 2 aromatic carbocycles. The number of hydrogen-bond acceptors (Lipinski definition) is 3. The number of carbonyl (C=O) groups is 1. The van der Waals surface area contributed by atoms with Gasteiger partial charge < -0.3 is 9.47 Å². The van der Waals surface area contributed by atoms with Gasteiger partial charge in [0.05, 0.1) is 12.3 Å². The average Bonchev–Trinajstić information content (AvgIpc) is 2.49. The Morgan fingerprint density at radius 1 is 1.22 bits per heavy atom. The first kappa shape index (κ1) is 17.3. The van der Waals surface area contributed by atoms with Crippen molar-refractivity contribution in [3.8, 4) is 5.75 Å². The van der Waals surface area contributed by atoms with Crippen LogP contribution in [0.3, 0.4) is 0 Å². The first-order valence-corrected chi connectivity index (χ1v) is 8.21. The fraction of sp³-hybridized carbons (Fsp3) is 0.278. The van der Waals surface area contributed by atoms with Gasteiger partial charge in [0, 0.05) is 10.0 Å². The number of rotatable bonds is 5. The van der Waals surface area contributed by atoms with Crippen LogP contribution in [0.1, 0.15) is 23.6 Å². The van der Waals surface area contributed by atoms with Gasteiger partial charge in [0.25, 0.3) is 0 Å². The molecule has 1 amide bonds. The summed E-state index contributed by atoms with van der Waals surface area (Å²) < 4.78 is 11.6. The van der Waals surface area contributed by atoms with Crippen LogP contribution in [-0.2, 0) is 11.3 Å². The van der Waals surface area contributed by atoms with Crippen LogP contribution in [0.25, 0.3) is 0 Å². The van der Waals surface area contributed by atoms with Gasteiger partial charge >= 0.3 is 6.09 Å². The summed E-state index contributed by atoms with van der Waals surface area (Å²) in [6, 6.07) is 11.7. The van der Waals surface area contributed by atoms with E-state index in [2.05, 4.69) is 27.3 Å². The molecule has 0 aliphatic heterocycles. The lowest BCUT2D eigenvalue weighted by Gasteiger charge is -2.15. The third-order valence-electron chi connectivity index (χ3n) is 3.32. The van der Waals surface area contributed by atoms with Crippen molar-refractivity contribution in [3.63, 3.8) is 0 Å². The van der Waals surface area contributed by atoms with E-state index in [0.717, 1.165) is 21.3 Å². The Morgan fingerprint density at radius 2 is 2.00 bits per heavy atom. The molecule has 0 heterocycles.